The van der Waals surface area contributed by atoms with Gasteiger partial charge in [0.25, 0.3) is 0 Å². The van der Waals surface area contributed by atoms with Crippen molar-refractivity contribution in [1.82, 2.24) is 19.7 Å². The van der Waals surface area contributed by atoms with Crippen LogP contribution in [0.3, 0.4) is 0 Å². The molecular formula is C11H13N5O2. The van der Waals surface area contributed by atoms with Gasteiger partial charge in [0.05, 0.1) is 0 Å². The van der Waals surface area contributed by atoms with Crippen molar-refractivity contribution in [3.63, 3.8) is 0 Å². The van der Waals surface area contributed by atoms with Gasteiger partial charge >= 0.3 is 5.97 Å². The van der Waals surface area contributed by atoms with E-state index in [0.717, 1.165) is 11.5 Å². The molecule has 0 aliphatic rings. The molecule has 2 N–H and O–H groups in total. The smallest absolute Gasteiger partial charge is 0.354 e. The van der Waals surface area contributed by atoms with Gasteiger partial charge in [0.1, 0.15) is 17.8 Å². The normalized spacial score (nSPS) is 10.3. The summed E-state index contributed by atoms with van der Waals surface area (Å²) in [5, 5.41) is 19.7. The van der Waals surface area contributed by atoms with Gasteiger partial charge in [0.15, 0.2) is 0 Å². The first kappa shape index (κ1) is 12.0. The van der Waals surface area contributed by atoms with Crippen molar-refractivity contribution >= 4 is 11.7 Å². The molecule has 0 spiro atoms. The topological polar surface area (TPSA) is 92.9 Å². The van der Waals surface area contributed by atoms with Crippen LogP contribution in [-0.2, 0) is 13.5 Å². The Hall–Kier alpha value is -2.44. The summed E-state index contributed by atoms with van der Waals surface area (Å²) in [5.74, 6) is -0.165. The van der Waals surface area contributed by atoms with Crippen molar-refractivity contribution in [2.45, 2.75) is 6.42 Å². The van der Waals surface area contributed by atoms with Gasteiger partial charge in [-0.05, 0) is 12.1 Å². The highest BCUT2D eigenvalue weighted by Crippen LogP contribution is 2.08. The van der Waals surface area contributed by atoms with E-state index >= 15 is 0 Å². The van der Waals surface area contributed by atoms with Crippen LogP contribution in [0.5, 0.6) is 0 Å². The van der Waals surface area contributed by atoms with Crippen molar-refractivity contribution in [1.29, 1.82) is 0 Å². The fraction of sp³-hybridized carbons (Fsp3) is 0.273. The van der Waals surface area contributed by atoms with E-state index < -0.39 is 5.97 Å². The first-order valence-electron chi connectivity index (χ1n) is 5.43. The monoisotopic (exact) mass is 247 g/mol. The van der Waals surface area contributed by atoms with E-state index in [-0.39, 0.29) is 5.69 Å². The highest BCUT2D eigenvalue weighted by molar-refractivity contribution is 5.86. The second-order valence-electron chi connectivity index (χ2n) is 3.77. The summed E-state index contributed by atoms with van der Waals surface area (Å²) in [6.07, 6.45) is 3.82. The minimum Gasteiger partial charge on any atom is -0.477 e. The maximum atomic E-state index is 10.7. The number of hydrogen-bond acceptors (Lipinski definition) is 5. The Morgan fingerprint density at radius 1 is 1.56 bits per heavy atom. The molecule has 0 saturated heterocycles. The van der Waals surface area contributed by atoms with Gasteiger partial charge < -0.3 is 15.0 Å². The minimum atomic E-state index is -1.04. The SMILES string of the molecule is Cn1cnnc1CCNc1ccnc(C(=O)O)c1. The summed E-state index contributed by atoms with van der Waals surface area (Å²) in [5.41, 5.74) is 0.753. The third-order valence-electron chi connectivity index (χ3n) is 2.46. The molecule has 2 rings (SSSR count). The van der Waals surface area contributed by atoms with Crippen molar-refractivity contribution in [3.8, 4) is 0 Å². The lowest BCUT2D eigenvalue weighted by atomic mass is 10.3. The van der Waals surface area contributed by atoms with Crippen molar-refractivity contribution < 1.29 is 9.90 Å². The van der Waals surface area contributed by atoms with E-state index in [2.05, 4.69) is 20.5 Å². The van der Waals surface area contributed by atoms with E-state index in [1.165, 1.54) is 12.3 Å². The maximum absolute atomic E-state index is 10.7. The molecule has 0 bridgehead atoms. The summed E-state index contributed by atoms with van der Waals surface area (Å²) in [6, 6.07) is 3.22. The molecule has 7 heteroatoms. The van der Waals surface area contributed by atoms with E-state index in [0.29, 0.717) is 13.0 Å². The molecule has 0 fully saturated rings. The summed E-state index contributed by atoms with van der Waals surface area (Å²) in [7, 11) is 1.88. The zero-order valence-corrected chi connectivity index (χ0v) is 9.87. The Morgan fingerprint density at radius 3 is 3.06 bits per heavy atom. The number of carboxylic acids is 1. The molecule has 0 aromatic carbocycles. The van der Waals surface area contributed by atoms with Crippen LogP contribution in [0.25, 0.3) is 0 Å². The number of rotatable bonds is 5. The largest absolute Gasteiger partial charge is 0.477 e. The van der Waals surface area contributed by atoms with Crippen molar-refractivity contribution in [3.05, 3.63) is 36.2 Å². The molecule has 0 saturated carbocycles. The van der Waals surface area contributed by atoms with E-state index in [1.807, 2.05) is 11.6 Å². The van der Waals surface area contributed by atoms with Crippen molar-refractivity contribution in [2.24, 2.45) is 7.05 Å². The first-order chi connectivity index (χ1) is 8.66. The molecule has 2 heterocycles. The molecule has 0 atom stereocenters. The second-order valence-corrected chi connectivity index (χ2v) is 3.77. The van der Waals surface area contributed by atoms with Crippen LogP contribution in [0, 0.1) is 0 Å². The van der Waals surface area contributed by atoms with Crippen LogP contribution in [0.2, 0.25) is 0 Å². The Balaban J connectivity index is 1.92. The Bertz CT molecular complexity index is 552. The van der Waals surface area contributed by atoms with E-state index in [9.17, 15) is 4.79 Å². The molecule has 18 heavy (non-hydrogen) atoms. The number of pyridine rings is 1. The molecule has 0 amide bonds. The van der Waals surface area contributed by atoms with Gasteiger partial charge in [0, 0.05) is 31.9 Å². The zero-order chi connectivity index (χ0) is 13.0. The number of anilines is 1. The zero-order valence-electron chi connectivity index (χ0n) is 9.87. The van der Waals surface area contributed by atoms with E-state index in [4.69, 9.17) is 5.11 Å². The molecule has 0 unspecified atom stereocenters. The number of aryl methyl sites for hydroxylation is 1. The number of nitrogens with one attached hydrogen (secondary N) is 1. The Kier molecular flexibility index (Phi) is 3.52. The van der Waals surface area contributed by atoms with Gasteiger partial charge in [-0.15, -0.1) is 10.2 Å². The fourth-order valence-electron chi connectivity index (χ4n) is 1.51. The van der Waals surface area contributed by atoms with Crippen LogP contribution >= 0.6 is 0 Å². The molecule has 2 aromatic heterocycles. The highest BCUT2D eigenvalue weighted by atomic mass is 16.4. The van der Waals surface area contributed by atoms with Crippen LogP contribution < -0.4 is 5.32 Å². The Labute approximate surface area is 104 Å². The first-order valence-corrected chi connectivity index (χ1v) is 5.43. The van der Waals surface area contributed by atoms with Gasteiger partial charge in [0.2, 0.25) is 0 Å². The Morgan fingerprint density at radius 2 is 2.39 bits per heavy atom. The number of nitrogens with zero attached hydrogens (tertiary/aromatic N) is 4. The standard InChI is InChI=1S/C11H13N5O2/c1-16-7-14-15-10(16)3-5-12-8-2-4-13-9(6-8)11(17)18/h2,4,6-7H,3,5H2,1H3,(H,12,13)(H,17,18). The molecular weight excluding hydrogens is 234 g/mol. The van der Waals surface area contributed by atoms with E-state index in [1.54, 1.807) is 12.4 Å². The van der Waals surface area contributed by atoms with Gasteiger partial charge in [-0.2, -0.15) is 0 Å². The molecule has 2 aromatic rings. The molecule has 7 nitrogen and oxygen atoms in total. The lowest BCUT2D eigenvalue weighted by Crippen LogP contribution is -2.09. The highest BCUT2D eigenvalue weighted by Gasteiger charge is 2.05. The summed E-state index contributed by atoms with van der Waals surface area (Å²) >= 11 is 0. The lowest BCUT2D eigenvalue weighted by Gasteiger charge is -2.06. The number of aromatic carboxylic acids is 1. The van der Waals surface area contributed by atoms with Crippen molar-refractivity contribution in [2.75, 3.05) is 11.9 Å². The lowest BCUT2D eigenvalue weighted by molar-refractivity contribution is 0.0690. The summed E-state index contributed by atoms with van der Waals surface area (Å²) < 4.78 is 1.84. The van der Waals surface area contributed by atoms with Crippen LogP contribution in [0.4, 0.5) is 5.69 Å². The van der Waals surface area contributed by atoms with Crippen LogP contribution in [-0.4, -0.2) is 37.4 Å². The van der Waals surface area contributed by atoms with Crippen LogP contribution in [0.1, 0.15) is 16.3 Å². The number of carboxylic acid groups (broad SMARTS) is 1. The molecule has 0 aliphatic carbocycles. The average Bonchev–Trinajstić information content (AvgIpc) is 2.76. The number of aromatic nitrogens is 4. The quantitative estimate of drug-likeness (QED) is 0.802. The predicted octanol–water partition coefficient (Wildman–Crippen LogP) is 0.563. The number of carbonyl (C=O) groups is 1. The van der Waals surface area contributed by atoms with Gasteiger partial charge in [-0.3, -0.25) is 0 Å². The average molecular weight is 247 g/mol. The fourth-order valence-corrected chi connectivity index (χ4v) is 1.51. The maximum Gasteiger partial charge on any atom is 0.354 e. The molecule has 0 aliphatic heterocycles. The third kappa shape index (κ3) is 2.82. The third-order valence-corrected chi connectivity index (χ3v) is 2.46. The second kappa shape index (κ2) is 5.26. The van der Waals surface area contributed by atoms with Gasteiger partial charge in [-0.25, -0.2) is 9.78 Å². The molecule has 94 valence electrons. The molecule has 0 radical (unpaired) electrons. The summed E-state index contributed by atoms with van der Waals surface area (Å²) in [4.78, 5) is 14.5. The predicted molar refractivity (Wildman–Crippen MR) is 64.4 cm³/mol. The van der Waals surface area contributed by atoms with Gasteiger partial charge in [-0.1, -0.05) is 0 Å². The summed E-state index contributed by atoms with van der Waals surface area (Å²) in [6.45, 7) is 0.648. The van der Waals surface area contributed by atoms with Crippen LogP contribution in [0.15, 0.2) is 24.7 Å². The minimum absolute atomic E-state index is 0.0265. The number of hydrogen-bond donors (Lipinski definition) is 2.